The molecule has 1 aromatic carbocycles. The lowest BCUT2D eigenvalue weighted by Crippen LogP contribution is -2.48. The molecule has 0 unspecified atom stereocenters. The van der Waals surface area contributed by atoms with Gasteiger partial charge in [-0.1, -0.05) is 29.3 Å². The van der Waals surface area contributed by atoms with Crippen LogP contribution in [0.25, 0.3) is 0 Å². The number of nitrogens with zero attached hydrogens (tertiary/aromatic N) is 1. The van der Waals surface area contributed by atoms with Gasteiger partial charge in [-0.05, 0) is 45.4 Å². The fraction of sp³-hybridized carbons (Fsp3) is 0.529. The van der Waals surface area contributed by atoms with E-state index in [4.69, 9.17) is 27.9 Å². The number of carbonyl (C=O) groups is 2. The topological polar surface area (TPSA) is 58.6 Å². The Labute approximate surface area is 152 Å². The number of nitrogens with one attached hydrogen (secondary N) is 1. The number of ether oxygens (including phenoxy) is 1. The highest BCUT2D eigenvalue weighted by molar-refractivity contribution is 6.39. The Morgan fingerprint density at radius 3 is 2.67 bits per heavy atom. The van der Waals surface area contributed by atoms with Gasteiger partial charge in [0.25, 0.3) is 0 Å². The Balaban J connectivity index is 2.01. The predicted octanol–water partition coefficient (Wildman–Crippen LogP) is 3.60. The highest BCUT2D eigenvalue weighted by Gasteiger charge is 2.31. The molecule has 0 saturated carbocycles. The number of likely N-dealkylation sites (tertiary alicyclic amines) is 1. The maximum Gasteiger partial charge on any atom is 0.310 e. The van der Waals surface area contributed by atoms with Crippen molar-refractivity contribution in [3.05, 3.63) is 28.2 Å². The summed E-state index contributed by atoms with van der Waals surface area (Å²) < 4.78 is 5.10. The number of para-hydroxylation sites is 1. The van der Waals surface area contributed by atoms with Gasteiger partial charge in [0.05, 0.1) is 34.3 Å². The first-order valence-electron chi connectivity index (χ1n) is 8.09. The van der Waals surface area contributed by atoms with E-state index in [1.807, 2.05) is 11.8 Å². The fourth-order valence-corrected chi connectivity index (χ4v) is 3.31. The number of benzene rings is 1. The molecular weight excluding hydrogens is 351 g/mol. The summed E-state index contributed by atoms with van der Waals surface area (Å²) in [6, 6.07) is 4.67. The van der Waals surface area contributed by atoms with Gasteiger partial charge in [0, 0.05) is 6.54 Å². The Bertz CT molecular complexity index is 589. The molecule has 0 bridgehead atoms. The third kappa shape index (κ3) is 4.62. The second kappa shape index (κ2) is 8.70. The molecule has 132 valence electrons. The van der Waals surface area contributed by atoms with Crippen LogP contribution in [0.3, 0.4) is 0 Å². The molecule has 1 amide bonds. The Kier molecular flexibility index (Phi) is 6.90. The number of piperidine rings is 1. The van der Waals surface area contributed by atoms with E-state index in [1.165, 1.54) is 0 Å². The van der Waals surface area contributed by atoms with Crippen LogP contribution in [0.4, 0.5) is 5.69 Å². The lowest BCUT2D eigenvalue weighted by Gasteiger charge is -2.35. The molecule has 1 aliphatic heterocycles. The van der Waals surface area contributed by atoms with Crippen molar-refractivity contribution in [1.82, 2.24) is 4.90 Å². The van der Waals surface area contributed by atoms with Gasteiger partial charge in [-0.25, -0.2) is 0 Å². The second-order valence-corrected chi connectivity index (χ2v) is 6.66. The van der Waals surface area contributed by atoms with E-state index in [2.05, 4.69) is 5.32 Å². The van der Waals surface area contributed by atoms with E-state index in [9.17, 15) is 9.59 Å². The number of hydrogen-bond acceptors (Lipinski definition) is 4. The van der Waals surface area contributed by atoms with Crippen LogP contribution in [-0.2, 0) is 14.3 Å². The third-order valence-electron chi connectivity index (χ3n) is 4.21. The smallest absolute Gasteiger partial charge is 0.310 e. The van der Waals surface area contributed by atoms with E-state index in [0.29, 0.717) is 28.9 Å². The van der Waals surface area contributed by atoms with Gasteiger partial charge >= 0.3 is 5.97 Å². The molecule has 1 saturated heterocycles. The van der Waals surface area contributed by atoms with Gasteiger partial charge in [0.2, 0.25) is 5.91 Å². The van der Waals surface area contributed by atoms with Crippen LogP contribution < -0.4 is 5.32 Å². The summed E-state index contributed by atoms with van der Waals surface area (Å²) in [6.45, 7) is 5.26. The SMILES string of the molecule is CCOC(=O)[C@@H]1CCCN([C@@H](C)C(=O)Nc2c(Cl)cccc2Cl)C1. The Morgan fingerprint density at radius 2 is 2.04 bits per heavy atom. The number of anilines is 1. The van der Waals surface area contributed by atoms with Gasteiger partial charge in [0.1, 0.15) is 0 Å². The monoisotopic (exact) mass is 372 g/mol. The number of amides is 1. The van der Waals surface area contributed by atoms with Crippen LogP contribution in [0.15, 0.2) is 18.2 Å². The van der Waals surface area contributed by atoms with Gasteiger partial charge < -0.3 is 10.1 Å². The zero-order valence-electron chi connectivity index (χ0n) is 13.9. The molecule has 0 aromatic heterocycles. The van der Waals surface area contributed by atoms with Crippen molar-refractivity contribution in [1.29, 1.82) is 0 Å². The Morgan fingerprint density at radius 1 is 1.38 bits per heavy atom. The van der Waals surface area contributed by atoms with Gasteiger partial charge in [0.15, 0.2) is 0 Å². The number of carbonyl (C=O) groups excluding carboxylic acids is 2. The average Bonchev–Trinajstić information content (AvgIpc) is 2.57. The molecule has 1 N–H and O–H groups in total. The maximum atomic E-state index is 12.5. The number of hydrogen-bond donors (Lipinski definition) is 1. The number of halogens is 2. The molecule has 1 heterocycles. The average molecular weight is 373 g/mol. The van der Waals surface area contributed by atoms with Crippen molar-refractivity contribution < 1.29 is 14.3 Å². The second-order valence-electron chi connectivity index (χ2n) is 5.85. The molecule has 1 fully saturated rings. The van der Waals surface area contributed by atoms with Gasteiger partial charge in [-0.3, -0.25) is 14.5 Å². The molecule has 5 nitrogen and oxygen atoms in total. The van der Waals surface area contributed by atoms with Crippen LogP contribution in [-0.4, -0.2) is 42.5 Å². The molecular formula is C17H22Cl2N2O3. The first kappa shape index (κ1) is 19.0. The zero-order chi connectivity index (χ0) is 17.7. The van der Waals surface area contributed by atoms with E-state index in [-0.39, 0.29) is 17.8 Å². The van der Waals surface area contributed by atoms with Crippen LogP contribution in [0.2, 0.25) is 10.0 Å². The molecule has 0 radical (unpaired) electrons. The molecule has 2 rings (SSSR count). The normalized spacial score (nSPS) is 19.6. The summed E-state index contributed by atoms with van der Waals surface area (Å²) in [6.07, 6.45) is 1.65. The minimum absolute atomic E-state index is 0.183. The standard InChI is InChI=1S/C17H22Cl2N2O3/c1-3-24-17(23)12-6-5-9-21(10-12)11(2)16(22)20-15-13(18)7-4-8-14(15)19/h4,7-8,11-12H,3,5-6,9-10H2,1-2H3,(H,20,22)/t11-,12+/m0/s1. The Hall–Kier alpha value is -1.30. The van der Waals surface area contributed by atoms with Crippen molar-refractivity contribution in [3.8, 4) is 0 Å². The van der Waals surface area contributed by atoms with Gasteiger partial charge in [-0.15, -0.1) is 0 Å². The number of esters is 1. The van der Waals surface area contributed by atoms with Crippen LogP contribution in [0.5, 0.6) is 0 Å². The van der Waals surface area contributed by atoms with E-state index < -0.39 is 6.04 Å². The minimum Gasteiger partial charge on any atom is -0.466 e. The summed E-state index contributed by atoms with van der Waals surface area (Å²) in [5, 5.41) is 3.57. The van der Waals surface area contributed by atoms with Gasteiger partial charge in [-0.2, -0.15) is 0 Å². The fourth-order valence-electron chi connectivity index (χ4n) is 2.82. The first-order valence-corrected chi connectivity index (χ1v) is 8.85. The summed E-state index contributed by atoms with van der Waals surface area (Å²) in [5.74, 6) is -0.573. The van der Waals surface area contributed by atoms with Crippen molar-refractivity contribution in [2.75, 3.05) is 25.0 Å². The number of rotatable bonds is 5. The zero-order valence-corrected chi connectivity index (χ0v) is 15.4. The maximum absolute atomic E-state index is 12.5. The van der Waals surface area contributed by atoms with Crippen molar-refractivity contribution in [2.24, 2.45) is 5.92 Å². The van der Waals surface area contributed by atoms with Crippen LogP contribution in [0, 0.1) is 5.92 Å². The molecule has 1 aliphatic rings. The first-order chi connectivity index (χ1) is 11.4. The van der Waals surface area contributed by atoms with E-state index >= 15 is 0 Å². The van der Waals surface area contributed by atoms with E-state index in [1.54, 1.807) is 25.1 Å². The van der Waals surface area contributed by atoms with Crippen LogP contribution in [0.1, 0.15) is 26.7 Å². The van der Waals surface area contributed by atoms with Crippen LogP contribution >= 0.6 is 23.2 Å². The molecule has 0 aliphatic carbocycles. The summed E-state index contributed by atoms with van der Waals surface area (Å²) in [7, 11) is 0. The summed E-state index contributed by atoms with van der Waals surface area (Å²) in [4.78, 5) is 26.5. The van der Waals surface area contributed by atoms with Crippen molar-refractivity contribution in [2.45, 2.75) is 32.7 Å². The highest BCUT2D eigenvalue weighted by atomic mass is 35.5. The minimum atomic E-state index is -0.394. The molecule has 7 heteroatoms. The lowest BCUT2D eigenvalue weighted by molar-refractivity contribution is -0.150. The summed E-state index contributed by atoms with van der Waals surface area (Å²) >= 11 is 12.2. The highest BCUT2D eigenvalue weighted by Crippen LogP contribution is 2.30. The van der Waals surface area contributed by atoms with E-state index in [0.717, 1.165) is 19.4 Å². The molecule has 1 aromatic rings. The third-order valence-corrected chi connectivity index (χ3v) is 4.84. The quantitative estimate of drug-likeness (QED) is 0.802. The van der Waals surface area contributed by atoms with Crippen molar-refractivity contribution in [3.63, 3.8) is 0 Å². The lowest BCUT2D eigenvalue weighted by atomic mass is 9.97. The summed E-state index contributed by atoms with van der Waals surface area (Å²) in [5.41, 5.74) is 0.414. The molecule has 24 heavy (non-hydrogen) atoms. The molecule has 0 spiro atoms. The van der Waals surface area contributed by atoms with Crippen molar-refractivity contribution >= 4 is 40.8 Å². The largest absolute Gasteiger partial charge is 0.466 e. The molecule has 2 atom stereocenters. The predicted molar refractivity (Wildman–Crippen MR) is 95.5 cm³/mol.